The molecule has 0 heterocycles. The lowest BCUT2D eigenvalue weighted by molar-refractivity contribution is -0.151. The third-order valence-electron chi connectivity index (χ3n) is 6.23. The van der Waals surface area contributed by atoms with Gasteiger partial charge in [-0.15, -0.1) is 0 Å². The number of rotatable bonds is 10. The quantitative estimate of drug-likeness (QED) is 0.448. The molecule has 9 nitrogen and oxygen atoms in total. The van der Waals surface area contributed by atoms with Crippen molar-refractivity contribution in [2.24, 2.45) is 5.92 Å². The summed E-state index contributed by atoms with van der Waals surface area (Å²) in [5, 5.41) is 5.35. The molecule has 1 aromatic carbocycles. The number of benzene rings is 1. The van der Waals surface area contributed by atoms with Gasteiger partial charge in [-0.3, -0.25) is 14.4 Å². The molecular formula is C28H45N3O6. The third-order valence-corrected chi connectivity index (χ3v) is 6.23. The second kappa shape index (κ2) is 12.9. The molecule has 37 heavy (non-hydrogen) atoms. The van der Waals surface area contributed by atoms with Gasteiger partial charge >= 0.3 is 12.1 Å². The summed E-state index contributed by atoms with van der Waals surface area (Å²) in [6.45, 7) is 18.0. The number of nitrogens with zero attached hydrogens (tertiary/aromatic N) is 1. The van der Waals surface area contributed by atoms with Crippen molar-refractivity contribution in [3.8, 4) is 0 Å². The molecule has 0 radical (unpaired) electrons. The van der Waals surface area contributed by atoms with Gasteiger partial charge in [0.05, 0.1) is 7.11 Å². The van der Waals surface area contributed by atoms with Gasteiger partial charge in [0.2, 0.25) is 11.8 Å². The number of amides is 3. The van der Waals surface area contributed by atoms with Crippen LogP contribution in [0.25, 0.3) is 0 Å². The fraction of sp³-hybridized carbons (Fsp3) is 0.643. The maximum Gasteiger partial charge on any atom is 0.408 e. The van der Waals surface area contributed by atoms with E-state index in [1.165, 1.54) is 12.0 Å². The first-order valence-corrected chi connectivity index (χ1v) is 12.7. The largest absolute Gasteiger partial charge is 0.468 e. The number of aryl methyl sites for hydroxylation is 2. The molecular weight excluding hydrogens is 474 g/mol. The van der Waals surface area contributed by atoms with Gasteiger partial charge in [-0.2, -0.15) is 0 Å². The number of esters is 1. The molecule has 0 aliphatic carbocycles. The topological polar surface area (TPSA) is 114 Å². The Hall–Kier alpha value is -3.10. The van der Waals surface area contributed by atoms with Gasteiger partial charge in [-0.05, 0) is 71.9 Å². The second-order valence-corrected chi connectivity index (χ2v) is 11.3. The Bertz CT molecular complexity index is 981. The lowest BCUT2D eigenvalue weighted by Gasteiger charge is -2.45. The van der Waals surface area contributed by atoms with Gasteiger partial charge in [-0.1, -0.05) is 44.5 Å². The van der Waals surface area contributed by atoms with Gasteiger partial charge in [0, 0.05) is 5.54 Å². The molecule has 0 saturated carbocycles. The van der Waals surface area contributed by atoms with E-state index < -0.39 is 47.1 Å². The van der Waals surface area contributed by atoms with Gasteiger partial charge < -0.3 is 25.0 Å². The lowest BCUT2D eigenvalue weighted by Crippen LogP contribution is -2.60. The van der Waals surface area contributed by atoms with Crippen LogP contribution in [0.1, 0.15) is 84.5 Å². The predicted octanol–water partition coefficient (Wildman–Crippen LogP) is 4.20. The molecule has 0 fully saturated rings. The zero-order valence-corrected chi connectivity index (χ0v) is 24.3. The normalized spacial score (nSPS) is 13.4. The fourth-order valence-electron chi connectivity index (χ4n) is 3.82. The molecule has 1 aromatic rings. The average Bonchev–Trinajstić information content (AvgIpc) is 2.78. The molecule has 0 spiro atoms. The van der Waals surface area contributed by atoms with Crippen molar-refractivity contribution in [1.29, 1.82) is 0 Å². The summed E-state index contributed by atoms with van der Waals surface area (Å²) in [6.07, 6.45) is -0.186. The van der Waals surface area contributed by atoms with Crippen LogP contribution in [0.4, 0.5) is 4.79 Å². The summed E-state index contributed by atoms with van der Waals surface area (Å²) in [5.41, 5.74) is 0.835. The molecule has 9 heteroatoms. The summed E-state index contributed by atoms with van der Waals surface area (Å²) in [5.74, 6) is -1.85. The van der Waals surface area contributed by atoms with Crippen LogP contribution in [-0.4, -0.2) is 59.6 Å². The van der Waals surface area contributed by atoms with Crippen LogP contribution in [0.3, 0.4) is 0 Å². The Morgan fingerprint density at radius 2 is 1.62 bits per heavy atom. The van der Waals surface area contributed by atoms with Crippen LogP contribution in [0, 0.1) is 19.8 Å². The number of hydrogen-bond acceptors (Lipinski definition) is 6. The molecule has 0 aromatic heterocycles. The van der Waals surface area contributed by atoms with Gasteiger partial charge in [0.1, 0.15) is 24.2 Å². The summed E-state index contributed by atoms with van der Waals surface area (Å²) in [7, 11) is 1.24. The Labute approximate surface area is 221 Å². The van der Waals surface area contributed by atoms with Crippen molar-refractivity contribution in [1.82, 2.24) is 15.5 Å². The average molecular weight is 520 g/mol. The van der Waals surface area contributed by atoms with E-state index in [0.29, 0.717) is 12.0 Å². The van der Waals surface area contributed by atoms with E-state index in [4.69, 9.17) is 4.74 Å². The number of carbonyl (C=O) groups excluding carboxylic acids is 4. The van der Waals surface area contributed by atoms with Gasteiger partial charge in [-0.25, -0.2) is 4.79 Å². The smallest absolute Gasteiger partial charge is 0.408 e. The molecule has 0 bridgehead atoms. The first-order valence-electron chi connectivity index (χ1n) is 12.7. The highest BCUT2D eigenvalue weighted by atomic mass is 16.6. The third kappa shape index (κ3) is 9.05. The van der Waals surface area contributed by atoms with Crippen molar-refractivity contribution in [2.45, 2.75) is 98.9 Å². The number of methoxy groups -OCH3 is 1. The van der Waals surface area contributed by atoms with E-state index in [1.807, 2.05) is 66.7 Å². The van der Waals surface area contributed by atoms with Crippen LogP contribution < -0.4 is 10.6 Å². The van der Waals surface area contributed by atoms with Crippen LogP contribution in [-0.2, 0) is 23.9 Å². The number of carbonyl (C=O) groups is 4. The first-order chi connectivity index (χ1) is 16.9. The molecule has 2 unspecified atom stereocenters. The van der Waals surface area contributed by atoms with E-state index >= 15 is 0 Å². The Kier molecular flexibility index (Phi) is 11.2. The number of alkyl carbamates (subject to hydrolysis) is 1. The van der Waals surface area contributed by atoms with Crippen LogP contribution >= 0.6 is 0 Å². The van der Waals surface area contributed by atoms with Crippen LogP contribution in [0.5, 0.6) is 0 Å². The summed E-state index contributed by atoms with van der Waals surface area (Å²) >= 11 is 0. The monoisotopic (exact) mass is 519 g/mol. The number of nitrogens with one attached hydrogen (secondary N) is 2. The maximum atomic E-state index is 14.3. The molecule has 0 aliphatic heterocycles. The number of hydrogen-bond donors (Lipinski definition) is 2. The van der Waals surface area contributed by atoms with Gasteiger partial charge in [0.25, 0.3) is 0 Å². The SMILES string of the molecule is CCC(C)(C)N(C(=O)C(NC(=O)OC(C)(C)C)C(C)C)C(C(=O)NCC(=O)OC)c1cc(C)ccc1C. The molecule has 2 N–H and O–H groups in total. The highest BCUT2D eigenvalue weighted by Crippen LogP contribution is 2.34. The molecule has 0 saturated heterocycles. The fourth-order valence-corrected chi connectivity index (χ4v) is 3.82. The van der Waals surface area contributed by atoms with Crippen molar-refractivity contribution in [3.63, 3.8) is 0 Å². The molecule has 1 rings (SSSR count). The molecule has 2 atom stereocenters. The van der Waals surface area contributed by atoms with E-state index in [0.717, 1.165) is 11.1 Å². The predicted molar refractivity (Wildman–Crippen MR) is 143 cm³/mol. The van der Waals surface area contributed by atoms with Crippen molar-refractivity contribution in [3.05, 3.63) is 34.9 Å². The van der Waals surface area contributed by atoms with E-state index in [9.17, 15) is 19.2 Å². The summed E-state index contributed by atoms with van der Waals surface area (Å²) < 4.78 is 10.1. The first kappa shape index (κ1) is 31.9. The molecule has 208 valence electrons. The minimum absolute atomic E-state index is 0.299. The zero-order valence-electron chi connectivity index (χ0n) is 24.3. The van der Waals surface area contributed by atoms with Crippen molar-refractivity contribution >= 4 is 23.9 Å². The van der Waals surface area contributed by atoms with E-state index in [1.54, 1.807) is 20.8 Å². The molecule has 0 aliphatic rings. The van der Waals surface area contributed by atoms with Gasteiger partial charge in [0.15, 0.2) is 0 Å². The van der Waals surface area contributed by atoms with Crippen molar-refractivity contribution < 1.29 is 28.7 Å². The summed E-state index contributed by atoms with van der Waals surface area (Å²) in [6, 6.07) is 3.68. The lowest BCUT2D eigenvalue weighted by atomic mass is 9.88. The maximum absolute atomic E-state index is 14.3. The molecule has 3 amide bonds. The Morgan fingerprint density at radius 3 is 2.11 bits per heavy atom. The minimum atomic E-state index is -1.06. The Morgan fingerprint density at radius 1 is 1.03 bits per heavy atom. The standard InChI is InChI=1S/C28H45N3O6/c1-12-28(9,10)31(25(34)22(17(2)3)30-26(35)37-27(6,7)8)23(24(33)29-16-21(32)36-11)20-15-18(4)13-14-19(20)5/h13-15,17,22-23H,12,16H2,1-11H3,(H,29,33)(H,30,35). The minimum Gasteiger partial charge on any atom is -0.468 e. The number of ether oxygens (including phenoxy) is 2. The second-order valence-electron chi connectivity index (χ2n) is 11.3. The van der Waals surface area contributed by atoms with E-state index in [2.05, 4.69) is 15.4 Å². The van der Waals surface area contributed by atoms with Crippen LogP contribution in [0.15, 0.2) is 18.2 Å². The van der Waals surface area contributed by atoms with Crippen LogP contribution in [0.2, 0.25) is 0 Å². The summed E-state index contributed by atoms with van der Waals surface area (Å²) in [4.78, 5) is 54.0. The van der Waals surface area contributed by atoms with E-state index in [-0.39, 0.29) is 12.5 Å². The Balaban J connectivity index is 3.70. The van der Waals surface area contributed by atoms with Crippen molar-refractivity contribution in [2.75, 3.05) is 13.7 Å². The zero-order chi connectivity index (χ0) is 28.7. The highest BCUT2D eigenvalue weighted by Gasteiger charge is 2.44. The highest BCUT2D eigenvalue weighted by molar-refractivity contribution is 5.94.